The van der Waals surface area contributed by atoms with Gasteiger partial charge in [0.1, 0.15) is 0 Å². The Morgan fingerprint density at radius 1 is 0.853 bits per heavy atom. The van der Waals surface area contributed by atoms with Crippen molar-refractivity contribution in [3.05, 3.63) is 11.6 Å². The predicted octanol–water partition coefficient (Wildman–Crippen LogP) is 5.08. The van der Waals surface area contributed by atoms with E-state index in [2.05, 4.69) is 54.5 Å². The molecule has 0 aromatic rings. The maximum Gasteiger partial charge on any atom is 0.0763 e. The van der Waals surface area contributed by atoms with E-state index in [-0.39, 0.29) is 45.5 Å². The lowest BCUT2D eigenvalue weighted by atomic mass is 9.33. The van der Waals surface area contributed by atoms with Gasteiger partial charge in [-0.1, -0.05) is 60.1 Å². The van der Waals surface area contributed by atoms with Crippen LogP contribution in [-0.2, 0) is 0 Å². The van der Waals surface area contributed by atoms with Gasteiger partial charge in [0.25, 0.3) is 0 Å². The molecule has 0 amide bonds. The largest absolute Gasteiger partial charge is 0.396 e. The zero-order valence-electron chi connectivity index (χ0n) is 22.7. The summed E-state index contributed by atoms with van der Waals surface area (Å²) < 4.78 is 0. The highest BCUT2D eigenvalue weighted by molar-refractivity contribution is 5.36. The fraction of sp³-hybridized carbons (Fsp3) is 0.933. The quantitative estimate of drug-likeness (QED) is 0.399. The molecular formula is C30H50O4. The summed E-state index contributed by atoms with van der Waals surface area (Å²) in [4.78, 5) is 0. The molecule has 0 radical (unpaired) electrons. The van der Waals surface area contributed by atoms with E-state index >= 15 is 0 Å². The molecular weight excluding hydrogens is 424 g/mol. The molecule has 34 heavy (non-hydrogen) atoms. The van der Waals surface area contributed by atoms with E-state index in [0.717, 1.165) is 44.9 Å². The third-order valence-electron chi connectivity index (χ3n) is 13.2. The summed E-state index contributed by atoms with van der Waals surface area (Å²) in [6.07, 6.45) is 8.19. The normalized spacial score (nSPS) is 55.8. The highest BCUT2D eigenvalue weighted by Gasteiger charge is 2.71. The molecule has 4 nitrogen and oxygen atoms in total. The lowest BCUT2D eigenvalue weighted by molar-refractivity contribution is -0.261. The number of aliphatic hydroxyl groups excluding tert-OH is 4. The minimum Gasteiger partial charge on any atom is -0.396 e. The van der Waals surface area contributed by atoms with Crippen LogP contribution >= 0.6 is 0 Å². The summed E-state index contributed by atoms with van der Waals surface area (Å²) in [6, 6.07) is 0. The van der Waals surface area contributed by atoms with E-state index in [9.17, 15) is 20.4 Å². The second-order valence-corrected chi connectivity index (χ2v) is 15.3. The lowest BCUT2D eigenvalue weighted by Gasteiger charge is -2.72. The monoisotopic (exact) mass is 474 g/mol. The molecule has 5 rings (SSSR count). The SMILES string of the molecule is CC1(C)CC[C@]2(CO)CC[C@]3(C)C(=C[C@@H](O)[C@@H]4[C@]5(C)C(CC[C@]43C)C(C)(C)[C@@H](O)C[C@H]5O)[C@H]2C1. The standard InChI is InChI=1S/C30H50O4/c1-25(2)10-12-30(17-31)13-11-27(5)18(19(30)16-25)14-20(32)24-28(27,6)9-8-21-26(3,4)22(33)15-23(34)29(21,24)7/h14,19-24,31-34H,8-13,15-17H2,1-7H3/t19-,20-,21?,22+,23-,24+,27-,28-,29-,30-/m1/s1. The van der Waals surface area contributed by atoms with E-state index < -0.39 is 23.7 Å². The Morgan fingerprint density at radius 2 is 1.50 bits per heavy atom. The number of fused-ring (bicyclic) bond motifs is 7. The van der Waals surface area contributed by atoms with Crippen LogP contribution in [0.4, 0.5) is 0 Å². The smallest absolute Gasteiger partial charge is 0.0763 e. The summed E-state index contributed by atoms with van der Waals surface area (Å²) in [7, 11) is 0. The molecule has 4 fully saturated rings. The molecule has 0 spiro atoms. The van der Waals surface area contributed by atoms with Gasteiger partial charge in [-0.15, -0.1) is 0 Å². The molecule has 0 heterocycles. The van der Waals surface area contributed by atoms with Crippen LogP contribution in [0.3, 0.4) is 0 Å². The van der Waals surface area contributed by atoms with Gasteiger partial charge in [-0.25, -0.2) is 0 Å². The van der Waals surface area contributed by atoms with Crippen LogP contribution in [0.15, 0.2) is 11.6 Å². The predicted molar refractivity (Wildman–Crippen MR) is 135 cm³/mol. The number of aliphatic hydroxyl groups is 4. The molecule has 4 heteroatoms. The van der Waals surface area contributed by atoms with Gasteiger partial charge < -0.3 is 20.4 Å². The summed E-state index contributed by atoms with van der Waals surface area (Å²) in [5, 5.41) is 45.0. The Kier molecular flexibility index (Phi) is 5.44. The average molecular weight is 475 g/mol. The molecule has 0 saturated heterocycles. The Labute approximate surface area is 207 Å². The first-order valence-electron chi connectivity index (χ1n) is 14.0. The third kappa shape index (κ3) is 2.92. The number of hydrogen-bond acceptors (Lipinski definition) is 4. The van der Waals surface area contributed by atoms with Crippen molar-refractivity contribution in [2.45, 2.75) is 118 Å². The minimum absolute atomic E-state index is 0.0486. The molecule has 0 bridgehead atoms. The summed E-state index contributed by atoms with van der Waals surface area (Å²) in [5.41, 5.74) is 0.670. The van der Waals surface area contributed by atoms with Crippen molar-refractivity contribution in [3.8, 4) is 0 Å². The molecule has 1 unspecified atom stereocenters. The van der Waals surface area contributed by atoms with Crippen LogP contribution in [0, 0.1) is 50.2 Å². The van der Waals surface area contributed by atoms with Crippen molar-refractivity contribution < 1.29 is 20.4 Å². The Balaban J connectivity index is 1.65. The molecule has 10 atom stereocenters. The first kappa shape index (κ1) is 25.2. The molecule has 5 aliphatic carbocycles. The molecule has 0 aromatic heterocycles. The zero-order chi connectivity index (χ0) is 25.1. The van der Waals surface area contributed by atoms with Crippen LogP contribution < -0.4 is 0 Å². The van der Waals surface area contributed by atoms with Crippen molar-refractivity contribution in [1.29, 1.82) is 0 Å². The fourth-order valence-corrected chi connectivity index (χ4v) is 10.7. The molecule has 0 aromatic carbocycles. The fourth-order valence-electron chi connectivity index (χ4n) is 10.7. The first-order valence-corrected chi connectivity index (χ1v) is 14.0. The van der Waals surface area contributed by atoms with Crippen molar-refractivity contribution in [1.82, 2.24) is 0 Å². The van der Waals surface area contributed by atoms with E-state index in [1.54, 1.807) is 0 Å². The molecule has 194 valence electrons. The number of hydrogen-bond donors (Lipinski definition) is 4. The lowest BCUT2D eigenvalue weighted by Crippen LogP contribution is -2.70. The zero-order valence-corrected chi connectivity index (χ0v) is 22.7. The van der Waals surface area contributed by atoms with E-state index in [1.807, 2.05) is 0 Å². The highest BCUT2D eigenvalue weighted by atomic mass is 16.3. The van der Waals surface area contributed by atoms with E-state index in [1.165, 1.54) is 5.57 Å². The van der Waals surface area contributed by atoms with Crippen LogP contribution in [0.2, 0.25) is 0 Å². The van der Waals surface area contributed by atoms with E-state index in [4.69, 9.17) is 0 Å². The van der Waals surface area contributed by atoms with Gasteiger partial charge in [0.15, 0.2) is 0 Å². The first-order chi connectivity index (χ1) is 15.6. The van der Waals surface area contributed by atoms with Crippen LogP contribution in [0.25, 0.3) is 0 Å². The maximum absolute atomic E-state index is 11.9. The van der Waals surface area contributed by atoms with Crippen LogP contribution in [0.5, 0.6) is 0 Å². The minimum atomic E-state index is -0.618. The highest BCUT2D eigenvalue weighted by Crippen LogP contribution is 2.75. The third-order valence-corrected chi connectivity index (χ3v) is 13.2. The Hall–Kier alpha value is -0.420. The Morgan fingerprint density at radius 3 is 2.15 bits per heavy atom. The second-order valence-electron chi connectivity index (χ2n) is 15.3. The van der Waals surface area contributed by atoms with Gasteiger partial charge >= 0.3 is 0 Å². The molecule has 0 aliphatic heterocycles. The van der Waals surface area contributed by atoms with Gasteiger partial charge in [0, 0.05) is 29.8 Å². The van der Waals surface area contributed by atoms with E-state index in [0.29, 0.717) is 12.3 Å². The topological polar surface area (TPSA) is 80.9 Å². The summed E-state index contributed by atoms with van der Waals surface area (Å²) >= 11 is 0. The van der Waals surface area contributed by atoms with Crippen molar-refractivity contribution >= 4 is 0 Å². The molecule has 4 N–H and O–H groups in total. The van der Waals surface area contributed by atoms with Gasteiger partial charge in [0.05, 0.1) is 18.3 Å². The van der Waals surface area contributed by atoms with Crippen molar-refractivity contribution in [2.24, 2.45) is 50.2 Å². The van der Waals surface area contributed by atoms with Crippen LogP contribution in [-0.4, -0.2) is 45.3 Å². The Bertz CT molecular complexity index is 877. The maximum atomic E-state index is 11.9. The molecule has 5 aliphatic rings. The van der Waals surface area contributed by atoms with Gasteiger partial charge in [0.2, 0.25) is 0 Å². The van der Waals surface area contributed by atoms with Gasteiger partial charge in [-0.2, -0.15) is 0 Å². The number of rotatable bonds is 1. The van der Waals surface area contributed by atoms with Crippen LogP contribution in [0.1, 0.15) is 99.8 Å². The second kappa shape index (κ2) is 7.33. The molecule has 4 saturated carbocycles. The average Bonchev–Trinajstić information content (AvgIpc) is 2.74. The number of allylic oxidation sites excluding steroid dienone is 1. The van der Waals surface area contributed by atoms with Gasteiger partial charge in [-0.05, 0) is 78.4 Å². The van der Waals surface area contributed by atoms with Crippen molar-refractivity contribution in [2.75, 3.05) is 6.61 Å². The van der Waals surface area contributed by atoms with Gasteiger partial charge in [-0.3, -0.25) is 0 Å². The van der Waals surface area contributed by atoms with Crippen molar-refractivity contribution in [3.63, 3.8) is 0 Å². The summed E-state index contributed by atoms with van der Waals surface area (Å²) in [6.45, 7) is 16.3. The summed E-state index contributed by atoms with van der Waals surface area (Å²) in [5.74, 6) is 0.429.